The van der Waals surface area contributed by atoms with Crippen LogP contribution in [0.3, 0.4) is 0 Å². The number of aliphatic carboxylic acids is 1. The Balaban J connectivity index is 4.00. The maximum atomic E-state index is 10.2. The molecule has 0 aliphatic rings. The molecule has 0 saturated heterocycles. The third-order valence-corrected chi connectivity index (χ3v) is 1.65. The molecule has 66 valence electrons. The summed E-state index contributed by atoms with van der Waals surface area (Å²) in [5.74, 6) is -1.82. The highest BCUT2D eigenvalue weighted by molar-refractivity contribution is 5.73. The molecule has 0 aliphatic carbocycles. The second-order valence-corrected chi connectivity index (χ2v) is 2.47. The molecule has 0 heterocycles. The SMILES string of the molecule is C[C@H](C(N)C(=O)O)[C@@H](O)CO. The van der Waals surface area contributed by atoms with E-state index in [0.717, 1.165) is 0 Å². The summed E-state index contributed by atoms with van der Waals surface area (Å²) < 4.78 is 0. The average Bonchev–Trinajstić information content (AvgIpc) is 2.00. The minimum Gasteiger partial charge on any atom is -0.480 e. The van der Waals surface area contributed by atoms with Gasteiger partial charge in [0.05, 0.1) is 12.7 Å². The van der Waals surface area contributed by atoms with Crippen molar-refractivity contribution in [2.75, 3.05) is 6.61 Å². The van der Waals surface area contributed by atoms with Gasteiger partial charge in [0.25, 0.3) is 0 Å². The van der Waals surface area contributed by atoms with Crippen LogP contribution in [0.2, 0.25) is 0 Å². The van der Waals surface area contributed by atoms with Crippen LogP contribution in [0.1, 0.15) is 6.92 Å². The van der Waals surface area contributed by atoms with Gasteiger partial charge >= 0.3 is 5.97 Å². The summed E-state index contributed by atoms with van der Waals surface area (Å²) >= 11 is 0. The Morgan fingerprint density at radius 2 is 2.09 bits per heavy atom. The number of hydrogen-bond acceptors (Lipinski definition) is 4. The van der Waals surface area contributed by atoms with Gasteiger partial charge in [0.15, 0.2) is 0 Å². The summed E-state index contributed by atoms with van der Waals surface area (Å²) in [6, 6.07) is -1.13. The second kappa shape index (κ2) is 4.27. The van der Waals surface area contributed by atoms with Gasteiger partial charge in [-0.15, -0.1) is 0 Å². The minimum atomic E-state index is -1.18. The van der Waals surface area contributed by atoms with Gasteiger partial charge in [0.1, 0.15) is 6.04 Å². The van der Waals surface area contributed by atoms with Crippen molar-refractivity contribution in [2.24, 2.45) is 11.7 Å². The zero-order valence-electron chi connectivity index (χ0n) is 6.27. The Hall–Kier alpha value is -0.650. The molecule has 5 nitrogen and oxygen atoms in total. The molecule has 0 amide bonds. The first kappa shape index (κ1) is 10.3. The monoisotopic (exact) mass is 163 g/mol. The van der Waals surface area contributed by atoms with Crippen molar-refractivity contribution in [2.45, 2.75) is 19.1 Å². The molecule has 0 fully saturated rings. The quantitative estimate of drug-likeness (QED) is 0.399. The van der Waals surface area contributed by atoms with Crippen LogP contribution in [0, 0.1) is 5.92 Å². The fourth-order valence-electron chi connectivity index (χ4n) is 0.630. The zero-order valence-corrected chi connectivity index (χ0v) is 6.27. The lowest BCUT2D eigenvalue weighted by atomic mass is 9.97. The van der Waals surface area contributed by atoms with Gasteiger partial charge in [-0.3, -0.25) is 4.79 Å². The molecule has 0 aromatic rings. The molecule has 3 atom stereocenters. The van der Waals surface area contributed by atoms with Gasteiger partial charge in [-0.05, 0) is 0 Å². The highest BCUT2D eigenvalue weighted by Crippen LogP contribution is 2.06. The number of rotatable bonds is 4. The lowest BCUT2D eigenvalue weighted by Crippen LogP contribution is -2.43. The van der Waals surface area contributed by atoms with Crippen molar-refractivity contribution in [3.8, 4) is 0 Å². The van der Waals surface area contributed by atoms with E-state index in [9.17, 15) is 4.79 Å². The maximum Gasteiger partial charge on any atom is 0.320 e. The summed E-state index contributed by atoms with van der Waals surface area (Å²) in [7, 11) is 0. The van der Waals surface area contributed by atoms with Crippen molar-refractivity contribution in [1.82, 2.24) is 0 Å². The minimum absolute atomic E-state index is 0.470. The molecular weight excluding hydrogens is 150 g/mol. The van der Waals surface area contributed by atoms with Crippen LogP contribution in [0.5, 0.6) is 0 Å². The van der Waals surface area contributed by atoms with Crippen LogP contribution in [0.4, 0.5) is 0 Å². The van der Waals surface area contributed by atoms with Crippen molar-refractivity contribution in [3.05, 3.63) is 0 Å². The van der Waals surface area contributed by atoms with Crippen LogP contribution in [-0.4, -0.2) is 40.0 Å². The van der Waals surface area contributed by atoms with Gasteiger partial charge < -0.3 is 21.1 Å². The van der Waals surface area contributed by atoms with Crippen molar-refractivity contribution >= 4 is 5.97 Å². The van der Waals surface area contributed by atoms with Gasteiger partial charge in [0.2, 0.25) is 0 Å². The van der Waals surface area contributed by atoms with Crippen molar-refractivity contribution in [3.63, 3.8) is 0 Å². The van der Waals surface area contributed by atoms with E-state index in [0.29, 0.717) is 0 Å². The largest absolute Gasteiger partial charge is 0.480 e. The van der Waals surface area contributed by atoms with Crippen LogP contribution >= 0.6 is 0 Å². The fourth-order valence-corrected chi connectivity index (χ4v) is 0.630. The molecule has 0 radical (unpaired) electrons. The van der Waals surface area contributed by atoms with Crippen LogP contribution in [0.25, 0.3) is 0 Å². The van der Waals surface area contributed by atoms with E-state index < -0.39 is 30.6 Å². The molecule has 1 unspecified atom stereocenters. The molecule has 5 N–H and O–H groups in total. The van der Waals surface area contributed by atoms with Gasteiger partial charge in [-0.25, -0.2) is 0 Å². The number of aliphatic hydroxyl groups excluding tert-OH is 2. The highest BCUT2D eigenvalue weighted by atomic mass is 16.4. The number of hydrogen-bond donors (Lipinski definition) is 4. The summed E-state index contributed by atoms with van der Waals surface area (Å²) in [6.45, 7) is 1.00. The number of aliphatic hydroxyl groups is 2. The van der Waals surface area contributed by atoms with E-state index in [-0.39, 0.29) is 0 Å². The first-order valence-corrected chi connectivity index (χ1v) is 3.28. The molecule has 0 aliphatic heterocycles. The smallest absolute Gasteiger partial charge is 0.320 e. The number of nitrogens with two attached hydrogens (primary N) is 1. The molecule has 0 aromatic heterocycles. The lowest BCUT2D eigenvalue weighted by molar-refractivity contribution is -0.141. The normalized spacial score (nSPS) is 18.9. The van der Waals surface area contributed by atoms with Crippen molar-refractivity contribution in [1.29, 1.82) is 0 Å². The maximum absolute atomic E-state index is 10.2. The van der Waals surface area contributed by atoms with E-state index >= 15 is 0 Å². The first-order chi connectivity index (χ1) is 5.00. The Labute approximate surface area is 64.4 Å². The van der Waals surface area contributed by atoms with Gasteiger partial charge in [-0.1, -0.05) is 6.92 Å². The summed E-state index contributed by atoms with van der Waals surface area (Å²) in [5.41, 5.74) is 5.17. The van der Waals surface area contributed by atoms with E-state index in [1.54, 1.807) is 0 Å². The number of carboxylic acid groups (broad SMARTS) is 1. The van der Waals surface area contributed by atoms with Gasteiger partial charge in [0, 0.05) is 5.92 Å². The summed E-state index contributed by atoms with van der Waals surface area (Å²) in [6.07, 6.45) is -1.07. The van der Waals surface area contributed by atoms with Crippen molar-refractivity contribution < 1.29 is 20.1 Å². The molecule has 0 rings (SSSR count). The third kappa shape index (κ3) is 2.83. The van der Waals surface area contributed by atoms with Gasteiger partial charge in [-0.2, -0.15) is 0 Å². The van der Waals surface area contributed by atoms with Crippen LogP contribution < -0.4 is 5.73 Å². The molecule has 0 aromatic carbocycles. The Morgan fingerprint density at radius 1 is 1.64 bits per heavy atom. The third-order valence-electron chi connectivity index (χ3n) is 1.65. The van der Waals surface area contributed by atoms with Crippen LogP contribution in [0.15, 0.2) is 0 Å². The first-order valence-electron chi connectivity index (χ1n) is 3.28. The molecule has 11 heavy (non-hydrogen) atoms. The predicted molar refractivity (Wildman–Crippen MR) is 37.9 cm³/mol. The molecule has 0 saturated carbocycles. The standard InChI is InChI=1S/C6H13NO4/c1-3(4(9)2-8)5(7)6(10)11/h3-5,8-9H,2,7H2,1H3,(H,10,11)/t3-,4-,5?/m0/s1. The lowest BCUT2D eigenvalue weighted by Gasteiger charge is -2.19. The second-order valence-electron chi connectivity index (χ2n) is 2.47. The summed E-state index contributed by atoms with van der Waals surface area (Å²) in [4.78, 5) is 10.2. The Bertz CT molecular complexity index is 139. The fraction of sp³-hybridized carbons (Fsp3) is 0.833. The van der Waals surface area contributed by atoms with E-state index in [4.69, 9.17) is 21.1 Å². The molecule has 0 spiro atoms. The molecule has 5 heteroatoms. The average molecular weight is 163 g/mol. The van der Waals surface area contributed by atoms with E-state index in [1.165, 1.54) is 6.92 Å². The zero-order chi connectivity index (χ0) is 9.02. The van der Waals surface area contributed by atoms with Crippen LogP contribution in [-0.2, 0) is 4.79 Å². The van der Waals surface area contributed by atoms with E-state index in [1.807, 2.05) is 0 Å². The topological polar surface area (TPSA) is 104 Å². The molecule has 0 bridgehead atoms. The Kier molecular flexibility index (Phi) is 4.02. The molecular formula is C6H13NO4. The highest BCUT2D eigenvalue weighted by Gasteiger charge is 2.25. The number of carboxylic acids is 1. The predicted octanol–water partition coefficient (Wildman–Crippen LogP) is -1.61. The summed E-state index contributed by atoms with van der Waals surface area (Å²) in [5, 5.41) is 25.8. The Morgan fingerprint density at radius 3 is 2.36 bits per heavy atom. The van der Waals surface area contributed by atoms with E-state index in [2.05, 4.69) is 0 Å². The number of carbonyl (C=O) groups is 1.